The van der Waals surface area contributed by atoms with Crippen LogP contribution in [0.3, 0.4) is 0 Å². The lowest BCUT2D eigenvalue weighted by atomic mass is 10.0. The Kier molecular flexibility index (Phi) is 5.15. The molecule has 1 N–H and O–H groups in total. The summed E-state index contributed by atoms with van der Waals surface area (Å²) in [6.45, 7) is 1.26. The number of carbonyl (C=O) groups excluding carboxylic acids is 2. The van der Waals surface area contributed by atoms with Gasteiger partial charge in [0.1, 0.15) is 5.75 Å². The lowest BCUT2D eigenvalue weighted by molar-refractivity contribution is 0.0695. The number of carbonyl (C=O) groups is 2. The van der Waals surface area contributed by atoms with Gasteiger partial charge in [-0.25, -0.2) is 0 Å². The Labute approximate surface area is 145 Å². The van der Waals surface area contributed by atoms with Crippen LogP contribution in [0.15, 0.2) is 41.1 Å². The molecule has 0 aliphatic carbocycles. The molecule has 0 bridgehead atoms. The molecular weight excluding hydrogens is 324 g/mol. The molecule has 0 atom stereocenters. The van der Waals surface area contributed by atoms with Gasteiger partial charge >= 0.3 is 0 Å². The molecule has 3 rings (SSSR count). The quantitative estimate of drug-likeness (QED) is 0.928. The number of rotatable bonds is 4. The third-order valence-electron chi connectivity index (χ3n) is 4.24. The van der Waals surface area contributed by atoms with Crippen LogP contribution in [0, 0.1) is 0 Å². The van der Waals surface area contributed by atoms with Crippen molar-refractivity contribution in [1.82, 2.24) is 10.2 Å². The van der Waals surface area contributed by atoms with Gasteiger partial charge in [0, 0.05) is 30.1 Å². The van der Waals surface area contributed by atoms with Gasteiger partial charge in [-0.3, -0.25) is 9.59 Å². The van der Waals surface area contributed by atoms with E-state index < -0.39 is 0 Å². The number of para-hydroxylation sites is 1. The van der Waals surface area contributed by atoms with Crippen molar-refractivity contribution in [3.05, 3.63) is 52.2 Å². The van der Waals surface area contributed by atoms with Crippen LogP contribution in [0.5, 0.6) is 5.75 Å². The molecular formula is C18H20N2O3S. The zero-order valence-corrected chi connectivity index (χ0v) is 14.3. The monoisotopic (exact) mass is 344 g/mol. The van der Waals surface area contributed by atoms with Crippen molar-refractivity contribution in [2.24, 2.45) is 0 Å². The summed E-state index contributed by atoms with van der Waals surface area (Å²) < 4.78 is 5.27. The maximum absolute atomic E-state index is 12.7. The molecule has 24 heavy (non-hydrogen) atoms. The molecule has 2 heterocycles. The minimum atomic E-state index is -0.0363. The first-order valence-corrected chi connectivity index (χ1v) is 8.88. The van der Waals surface area contributed by atoms with Crippen LogP contribution in [0.1, 0.15) is 33.6 Å². The van der Waals surface area contributed by atoms with E-state index in [4.69, 9.17) is 4.74 Å². The maximum atomic E-state index is 12.7. The summed E-state index contributed by atoms with van der Waals surface area (Å²) in [4.78, 5) is 26.6. The summed E-state index contributed by atoms with van der Waals surface area (Å²) in [6, 6.07) is 9.19. The van der Waals surface area contributed by atoms with Crippen molar-refractivity contribution < 1.29 is 14.3 Å². The Morgan fingerprint density at radius 2 is 1.96 bits per heavy atom. The lowest BCUT2D eigenvalue weighted by Crippen LogP contribution is -2.46. The number of nitrogens with zero attached hydrogens (tertiary/aromatic N) is 1. The molecule has 6 heteroatoms. The number of ether oxygens (including phenoxy) is 1. The van der Waals surface area contributed by atoms with Gasteiger partial charge in [0.15, 0.2) is 0 Å². The molecule has 0 spiro atoms. The van der Waals surface area contributed by atoms with E-state index in [-0.39, 0.29) is 17.9 Å². The van der Waals surface area contributed by atoms with E-state index in [2.05, 4.69) is 5.32 Å². The Morgan fingerprint density at radius 3 is 2.62 bits per heavy atom. The van der Waals surface area contributed by atoms with Crippen LogP contribution in [0.25, 0.3) is 0 Å². The number of piperidine rings is 1. The summed E-state index contributed by atoms with van der Waals surface area (Å²) in [6.07, 6.45) is 1.52. The molecule has 1 aliphatic heterocycles. The summed E-state index contributed by atoms with van der Waals surface area (Å²) in [7, 11) is 1.57. The van der Waals surface area contributed by atoms with Crippen molar-refractivity contribution in [2.75, 3.05) is 20.2 Å². The number of methoxy groups -OCH3 is 1. The minimum absolute atomic E-state index is 0.0185. The van der Waals surface area contributed by atoms with Gasteiger partial charge in [0.2, 0.25) is 0 Å². The highest BCUT2D eigenvalue weighted by Gasteiger charge is 2.26. The van der Waals surface area contributed by atoms with Gasteiger partial charge in [-0.2, -0.15) is 11.3 Å². The van der Waals surface area contributed by atoms with Gasteiger partial charge in [0.05, 0.1) is 12.7 Å². The molecule has 5 nitrogen and oxygen atoms in total. The molecule has 1 aliphatic rings. The predicted octanol–water partition coefficient (Wildman–Crippen LogP) is 2.79. The van der Waals surface area contributed by atoms with E-state index in [1.807, 2.05) is 33.9 Å². The van der Waals surface area contributed by atoms with Crippen molar-refractivity contribution in [1.29, 1.82) is 0 Å². The average Bonchev–Trinajstić information content (AvgIpc) is 3.16. The van der Waals surface area contributed by atoms with Crippen LogP contribution >= 0.6 is 11.3 Å². The summed E-state index contributed by atoms with van der Waals surface area (Å²) in [5.74, 6) is 0.538. The van der Waals surface area contributed by atoms with Crippen molar-refractivity contribution >= 4 is 23.2 Å². The molecule has 0 radical (unpaired) electrons. The second kappa shape index (κ2) is 7.49. The number of hydrogen-bond donors (Lipinski definition) is 1. The van der Waals surface area contributed by atoms with Gasteiger partial charge in [-0.05, 0) is 36.4 Å². The summed E-state index contributed by atoms with van der Waals surface area (Å²) in [5, 5.41) is 6.78. The highest BCUT2D eigenvalue weighted by atomic mass is 32.1. The zero-order valence-electron chi connectivity index (χ0n) is 13.5. The molecule has 2 amide bonds. The fraction of sp³-hybridized carbons (Fsp3) is 0.333. The number of hydrogen-bond acceptors (Lipinski definition) is 4. The highest BCUT2D eigenvalue weighted by Crippen LogP contribution is 2.21. The molecule has 0 unspecified atom stereocenters. The predicted molar refractivity (Wildman–Crippen MR) is 93.7 cm³/mol. The Morgan fingerprint density at radius 1 is 1.21 bits per heavy atom. The average molecular weight is 344 g/mol. The fourth-order valence-corrected chi connectivity index (χ4v) is 3.52. The number of thiophene rings is 1. The van der Waals surface area contributed by atoms with Crippen molar-refractivity contribution in [2.45, 2.75) is 18.9 Å². The fourth-order valence-electron chi connectivity index (χ4n) is 2.88. The topological polar surface area (TPSA) is 58.6 Å². The second-order valence-corrected chi connectivity index (χ2v) is 6.53. The molecule has 1 saturated heterocycles. The number of benzene rings is 1. The SMILES string of the molecule is COc1ccccc1C(=O)N1CCC(NC(=O)c2ccsc2)CC1. The van der Waals surface area contributed by atoms with Gasteiger partial charge in [-0.15, -0.1) is 0 Å². The largest absolute Gasteiger partial charge is 0.496 e. The van der Waals surface area contributed by atoms with Crippen molar-refractivity contribution in [3.63, 3.8) is 0 Å². The number of nitrogens with one attached hydrogen (secondary N) is 1. The number of amides is 2. The van der Waals surface area contributed by atoms with Crippen LogP contribution < -0.4 is 10.1 Å². The molecule has 0 saturated carbocycles. The van der Waals surface area contributed by atoms with Crippen LogP contribution in [0.4, 0.5) is 0 Å². The molecule has 1 aromatic carbocycles. The molecule has 1 aromatic heterocycles. The van der Waals surface area contributed by atoms with E-state index in [1.165, 1.54) is 11.3 Å². The summed E-state index contributed by atoms with van der Waals surface area (Å²) >= 11 is 1.51. The first-order chi connectivity index (χ1) is 11.7. The van der Waals surface area contributed by atoms with Crippen LogP contribution in [0.2, 0.25) is 0 Å². The molecule has 126 valence electrons. The van der Waals surface area contributed by atoms with E-state index in [0.29, 0.717) is 30.0 Å². The standard InChI is InChI=1S/C18H20N2O3S/c1-23-16-5-3-2-4-15(16)18(22)20-9-6-14(7-10-20)19-17(21)13-8-11-24-12-13/h2-5,8,11-12,14H,6-7,9-10H2,1H3,(H,19,21). The van der Waals surface area contributed by atoms with E-state index in [0.717, 1.165) is 12.8 Å². The van der Waals surface area contributed by atoms with Gasteiger partial charge in [0.25, 0.3) is 11.8 Å². The molecule has 2 aromatic rings. The van der Waals surface area contributed by atoms with Gasteiger partial charge < -0.3 is 15.0 Å². The van der Waals surface area contributed by atoms with E-state index >= 15 is 0 Å². The van der Waals surface area contributed by atoms with E-state index in [1.54, 1.807) is 19.2 Å². The first kappa shape index (κ1) is 16.5. The van der Waals surface area contributed by atoms with Crippen molar-refractivity contribution in [3.8, 4) is 5.75 Å². The van der Waals surface area contributed by atoms with Crippen LogP contribution in [-0.4, -0.2) is 43.0 Å². The normalized spacial score (nSPS) is 15.1. The smallest absolute Gasteiger partial charge is 0.257 e. The molecule has 1 fully saturated rings. The minimum Gasteiger partial charge on any atom is -0.496 e. The Hall–Kier alpha value is -2.34. The number of likely N-dealkylation sites (tertiary alicyclic amines) is 1. The van der Waals surface area contributed by atoms with Gasteiger partial charge in [-0.1, -0.05) is 12.1 Å². The van der Waals surface area contributed by atoms with Crippen LogP contribution in [-0.2, 0) is 0 Å². The second-order valence-electron chi connectivity index (χ2n) is 5.75. The highest BCUT2D eigenvalue weighted by molar-refractivity contribution is 7.08. The third-order valence-corrected chi connectivity index (χ3v) is 4.92. The summed E-state index contributed by atoms with van der Waals surface area (Å²) in [5.41, 5.74) is 1.29. The zero-order chi connectivity index (χ0) is 16.9. The third kappa shape index (κ3) is 3.59. The van der Waals surface area contributed by atoms with E-state index in [9.17, 15) is 9.59 Å². The first-order valence-electron chi connectivity index (χ1n) is 7.94. The maximum Gasteiger partial charge on any atom is 0.257 e. The Balaban J connectivity index is 1.57. The Bertz CT molecular complexity index is 707. The lowest BCUT2D eigenvalue weighted by Gasteiger charge is -2.32.